The van der Waals surface area contributed by atoms with Crippen molar-refractivity contribution in [2.75, 3.05) is 13.1 Å². The molecule has 0 saturated carbocycles. The van der Waals surface area contributed by atoms with Crippen molar-refractivity contribution < 1.29 is 19.5 Å². The second kappa shape index (κ2) is 6.94. The van der Waals surface area contributed by atoms with E-state index in [2.05, 4.69) is 15.6 Å². The maximum absolute atomic E-state index is 12.6. The van der Waals surface area contributed by atoms with E-state index in [1.165, 1.54) is 4.90 Å². The summed E-state index contributed by atoms with van der Waals surface area (Å²) >= 11 is 0. The molecule has 0 bridgehead atoms. The molecule has 9 heteroatoms. The van der Waals surface area contributed by atoms with Crippen molar-refractivity contribution in [2.45, 2.75) is 43.9 Å². The minimum atomic E-state index is -0.981. The third-order valence-corrected chi connectivity index (χ3v) is 5.28. The molecule has 0 spiro atoms. The number of imide groups is 1. The molecule has 1 aromatic heterocycles. The van der Waals surface area contributed by atoms with Gasteiger partial charge in [-0.15, -0.1) is 12.4 Å². The molecule has 2 fully saturated rings. The number of carbonyl (C=O) groups excluding carboxylic acids is 3. The summed E-state index contributed by atoms with van der Waals surface area (Å²) in [6.07, 6.45) is 1.70. The number of nitrogens with zero attached hydrogens (tertiary/aromatic N) is 2. The van der Waals surface area contributed by atoms with E-state index in [9.17, 15) is 19.5 Å². The van der Waals surface area contributed by atoms with Crippen molar-refractivity contribution in [3.8, 4) is 0 Å². The Labute approximate surface area is 156 Å². The van der Waals surface area contributed by atoms with E-state index in [0.717, 1.165) is 13.1 Å². The highest BCUT2D eigenvalue weighted by Crippen LogP contribution is 2.32. The Balaban J connectivity index is 0.00000196. The lowest BCUT2D eigenvalue weighted by atomic mass is 9.88. The number of carbonyl (C=O) groups is 3. The number of piperidine rings is 2. The Bertz CT molecular complexity index is 763. The van der Waals surface area contributed by atoms with Crippen LogP contribution in [0.15, 0.2) is 12.1 Å². The number of rotatable bonds is 2. The Kier molecular flexibility index (Phi) is 5.01. The van der Waals surface area contributed by atoms with Crippen LogP contribution in [0.25, 0.3) is 0 Å². The first kappa shape index (κ1) is 18.8. The first-order chi connectivity index (χ1) is 12.0. The van der Waals surface area contributed by atoms with E-state index in [1.807, 2.05) is 0 Å². The van der Waals surface area contributed by atoms with Crippen molar-refractivity contribution in [1.82, 2.24) is 20.5 Å². The molecule has 3 aliphatic rings. The van der Waals surface area contributed by atoms with Gasteiger partial charge in [-0.05, 0) is 44.5 Å². The summed E-state index contributed by atoms with van der Waals surface area (Å²) in [5.74, 6) is -0.991. The van der Waals surface area contributed by atoms with Crippen LogP contribution in [0.1, 0.15) is 47.4 Å². The molecule has 4 rings (SSSR count). The standard InChI is InChI=1S/C17H20N4O4.ClH/c22-14-4-2-12(15(23)20-14)21-9-11-10(16(21)24)1-3-13(19-11)17(25)5-7-18-8-6-17;/h1,3,12,18,25H,2,4-9H2,(H,20,22,23);1H. The average molecular weight is 381 g/mol. The number of hydrogen-bond donors (Lipinski definition) is 3. The number of fused-ring (bicyclic) bond motifs is 1. The van der Waals surface area contributed by atoms with Crippen LogP contribution in [0.2, 0.25) is 0 Å². The van der Waals surface area contributed by atoms with Gasteiger partial charge in [0, 0.05) is 6.42 Å². The average Bonchev–Trinajstić information content (AvgIpc) is 2.92. The number of amides is 3. The Morgan fingerprint density at radius 2 is 1.92 bits per heavy atom. The van der Waals surface area contributed by atoms with Gasteiger partial charge in [-0.25, -0.2) is 0 Å². The van der Waals surface area contributed by atoms with Crippen molar-refractivity contribution in [3.63, 3.8) is 0 Å². The zero-order valence-corrected chi connectivity index (χ0v) is 15.0. The van der Waals surface area contributed by atoms with Crippen LogP contribution >= 0.6 is 12.4 Å². The molecule has 1 unspecified atom stereocenters. The molecule has 0 aromatic carbocycles. The minimum absolute atomic E-state index is 0. The third-order valence-electron chi connectivity index (χ3n) is 5.28. The van der Waals surface area contributed by atoms with Gasteiger partial charge >= 0.3 is 0 Å². The van der Waals surface area contributed by atoms with E-state index in [1.54, 1.807) is 12.1 Å². The first-order valence-corrected chi connectivity index (χ1v) is 8.56. The molecule has 3 aliphatic heterocycles. The molecule has 0 aliphatic carbocycles. The summed E-state index contributed by atoms with van der Waals surface area (Å²) in [5, 5.41) is 16.3. The van der Waals surface area contributed by atoms with Crippen LogP contribution in [0.5, 0.6) is 0 Å². The number of aliphatic hydroxyl groups is 1. The van der Waals surface area contributed by atoms with Gasteiger partial charge in [0.05, 0.1) is 23.5 Å². The molecule has 4 heterocycles. The molecule has 3 N–H and O–H groups in total. The summed E-state index contributed by atoms with van der Waals surface area (Å²) in [6.45, 7) is 1.66. The molecule has 1 atom stereocenters. The summed E-state index contributed by atoms with van der Waals surface area (Å²) in [6, 6.07) is 2.74. The number of nitrogens with one attached hydrogen (secondary N) is 2. The molecule has 8 nitrogen and oxygen atoms in total. The van der Waals surface area contributed by atoms with Crippen LogP contribution < -0.4 is 10.6 Å². The van der Waals surface area contributed by atoms with Gasteiger partial charge < -0.3 is 15.3 Å². The van der Waals surface area contributed by atoms with Crippen LogP contribution in [-0.2, 0) is 21.7 Å². The minimum Gasteiger partial charge on any atom is -0.383 e. The van der Waals surface area contributed by atoms with Crippen molar-refractivity contribution in [3.05, 3.63) is 29.1 Å². The van der Waals surface area contributed by atoms with Crippen molar-refractivity contribution >= 4 is 30.1 Å². The van der Waals surface area contributed by atoms with E-state index < -0.39 is 17.6 Å². The van der Waals surface area contributed by atoms with Crippen molar-refractivity contribution in [2.24, 2.45) is 0 Å². The van der Waals surface area contributed by atoms with Crippen molar-refractivity contribution in [1.29, 1.82) is 0 Å². The molecule has 26 heavy (non-hydrogen) atoms. The summed E-state index contributed by atoms with van der Waals surface area (Å²) in [4.78, 5) is 42.0. The lowest BCUT2D eigenvalue weighted by Crippen LogP contribution is -2.52. The topological polar surface area (TPSA) is 112 Å². The normalized spacial score (nSPS) is 24.7. The largest absolute Gasteiger partial charge is 0.383 e. The fourth-order valence-corrected chi connectivity index (χ4v) is 3.79. The molecule has 2 saturated heterocycles. The zero-order valence-electron chi connectivity index (χ0n) is 14.2. The highest BCUT2D eigenvalue weighted by molar-refractivity contribution is 6.05. The number of aromatic nitrogens is 1. The third kappa shape index (κ3) is 3.08. The lowest BCUT2D eigenvalue weighted by molar-refractivity contribution is -0.136. The Hall–Kier alpha value is -2.03. The van der Waals surface area contributed by atoms with E-state index in [4.69, 9.17) is 0 Å². The van der Waals surface area contributed by atoms with Crippen LogP contribution in [0, 0.1) is 0 Å². The fraction of sp³-hybridized carbons (Fsp3) is 0.529. The van der Waals surface area contributed by atoms with Gasteiger partial charge in [0.1, 0.15) is 11.6 Å². The van der Waals surface area contributed by atoms with Crippen LogP contribution in [0.4, 0.5) is 0 Å². The summed E-state index contributed by atoms with van der Waals surface area (Å²) < 4.78 is 0. The Morgan fingerprint density at radius 1 is 1.19 bits per heavy atom. The van der Waals surface area contributed by atoms with Gasteiger partial charge in [0.2, 0.25) is 11.8 Å². The van der Waals surface area contributed by atoms with Gasteiger partial charge in [-0.3, -0.25) is 24.7 Å². The number of halogens is 1. The summed E-state index contributed by atoms with van der Waals surface area (Å²) in [7, 11) is 0. The molecule has 140 valence electrons. The second-order valence-electron chi connectivity index (χ2n) is 6.87. The predicted octanol–water partition coefficient (Wildman–Crippen LogP) is -0.165. The molecular formula is C17H21ClN4O4. The molecule has 1 aromatic rings. The zero-order chi connectivity index (χ0) is 17.6. The van der Waals surface area contributed by atoms with Crippen LogP contribution in [0.3, 0.4) is 0 Å². The molecule has 0 radical (unpaired) electrons. The first-order valence-electron chi connectivity index (χ1n) is 8.56. The summed E-state index contributed by atoms with van der Waals surface area (Å²) in [5.41, 5.74) is 0.640. The maximum atomic E-state index is 12.6. The monoisotopic (exact) mass is 380 g/mol. The number of pyridine rings is 1. The quantitative estimate of drug-likeness (QED) is 0.614. The predicted molar refractivity (Wildman–Crippen MR) is 93.5 cm³/mol. The van der Waals surface area contributed by atoms with E-state index in [0.29, 0.717) is 36.2 Å². The van der Waals surface area contributed by atoms with Crippen LogP contribution in [-0.4, -0.2) is 51.8 Å². The maximum Gasteiger partial charge on any atom is 0.256 e. The SMILES string of the molecule is Cl.O=C1CCC(N2Cc3nc(C4(O)CCNCC4)ccc3C2=O)C(=O)N1. The molecular weight excluding hydrogens is 360 g/mol. The second-order valence-corrected chi connectivity index (χ2v) is 6.87. The van der Waals surface area contributed by atoms with Gasteiger partial charge in [-0.2, -0.15) is 0 Å². The van der Waals surface area contributed by atoms with E-state index in [-0.39, 0.29) is 37.2 Å². The van der Waals surface area contributed by atoms with Gasteiger partial charge in [0.25, 0.3) is 5.91 Å². The lowest BCUT2D eigenvalue weighted by Gasteiger charge is -2.32. The fourth-order valence-electron chi connectivity index (χ4n) is 3.79. The van der Waals surface area contributed by atoms with E-state index >= 15 is 0 Å². The van der Waals surface area contributed by atoms with Gasteiger partial charge in [0.15, 0.2) is 0 Å². The molecule has 3 amide bonds. The van der Waals surface area contributed by atoms with Gasteiger partial charge in [-0.1, -0.05) is 0 Å². The Morgan fingerprint density at radius 3 is 2.62 bits per heavy atom. The highest BCUT2D eigenvalue weighted by Gasteiger charge is 2.41. The smallest absolute Gasteiger partial charge is 0.256 e. The highest BCUT2D eigenvalue weighted by atomic mass is 35.5. The number of hydrogen-bond acceptors (Lipinski definition) is 6.